The number of nitriles is 1. The van der Waals surface area contributed by atoms with Crippen LogP contribution in [0.15, 0.2) is 72.8 Å². The fourth-order valence-electron chi connectivity index (χ4n) is 2.44. The Morgan fingerprint density at radius 1 is 0.783 bits per heavy atom. The van der Waals surface area contributed by atoms with Crippen LogP contribution in [0, 0.1) is 23.0 Å². The highest BCUT2D eigenvalue weighted by molar-refractivity contribution is 5.80. The molecule has 0 amide bonds. The lowest BCUT2D eigenvalue weighted by atomic mass is 10.1. The molecule has 0 saturated heterocycles. The van der Waals surface area contributed by atoms with Gasteiger partial charge in [-0.3, -0.25) is 0 Å². The van der Waals surface area contributed by atoms with Gasteiger partial charge in [-0.15, -0.1) is 0 Å². The molecule has 2 nitrogen and oxygen atoms in total. The molecule has 0 aliphatic rings. The first-order valence-corrected chi connectivity index (χ1v) is 7.00. The average molecular weight is 306 g/mol. The summed E-state index contributed by atoms with van der Waals surface area (Å²) in [6.07, 6.45) is 0. The van der Waals surface area contributed by atoms with E-state index in [1.54, 1.807) is 29.2 Å². The highest BCUT2D eigenvalue weighted by atomic mass is 19.1. The minimum Gasteiger partial charge on any atom is -0.307 e. The molecule has 4 heteroatoms. The lowest BCUT2D eigenvalue weighted by Gasteiger charge is -2.26. The van der Waals surface area contributed by atoms with Gasteiger partial charge in [0.15, 0.2) is 5.82 Å². The molecule has 0 unspecified atom stereocenters. The second-order valence-corrected chi connectivity index (χ2v) is 4.90. The van der Waals surface area contributed by atoms with Crippen LogP contribution >= 0.6 is 0 Å². The highest BCUT2D eigenvalue weighted by Crippen LogP contribution is 2.38. The van der Waals surface area contributed by atoms with Gasteiger partial charge in [0, 0.05) is 17.4 Å². The van der Waals surface area contributed by atoms with Gasteiger partial charge in [-0.05, 0) is 30.3 Å². The van der Waals surface area contributed by atoms with Crippen molar-refractivity contribution in [3.8, 4) is 6.07 Å². The summed E-state index contributed by atoms with van der Waals surface area (Å²) >= 11 is 0. The summed E-state index contributed by atoms with van der Waals surface area (Å²) in [6.45, 7) is 0. The van der Waals surface area contributed by atoms with E-state index in [2.05, 4.69) is 0 Å². The smallest absolute Gasteiger partial charge is 0.151 e. The topological polar surface area (TPSA) is 27.0 Å². The van der Waals surface area contributed by atoms with E-state index < -0.39 is 11.6 Å². The zero-order valence-corrected chi connectivity index (χ0v) is 12.1. The van der Waals surface area contributed by atoms with Crippen LogP contribution in [0.4, 0.5) is 25.8 Å². The number of hydrogen-bond acceptors (Lipinski definition) is 2. The van der Waals surface area contributed by atoms with Gasteiger partial charge < -0.3 is 4.90 Å². The van der Waals surface area contributed by atoms with Gasteiger partial charge in [0.25, 0.3) is 0 Å². The van der Waals surface area contributed by atoms with Gasteiger partial charge in [0.1, 0.15) is 17.6 Å². The molecule has 23 heavy (non-hydrogen) atoms. The molecule has 112 valence electrons. The lowest BCUT2D eigenvalue weighted by Crippen LogP contribution is -2.13. The summed E-state index contributed by atoms with van der Waals surface area (Å²) in [5, 5.41) is 9.30. The first kappa shape index (κ1) is 14.7. The van der Waals surface area contributed by atoms with E-state index in [0.717, 1.165) is 12.1 Å². The number of halogens is 2. The summed E-state index contributed by atoms with van der Waals surface area (Å²) in [4.78, 5) is 1.60. The monoisotopic (exact) mass is 306 g/mol. The van der Waals surface area contributed by atoms with Crippen molar-refractivity contribution in [3.63, 3.8) is 0 Å². The van der Waals surface area contributed by atoms with Gasteiger partial charge in [0.05, 0.1) is 5.56 Å². The Hall–Kier alpha value is -3.19. The quantitative estimate of drug-likeness (QED) is 0.656. The standard InChI is InChI=1S/C19H12F2N2/c20-15-11-14(13-22)19(18(21)12-15)23(16-7-3-1-4-8-16)17-9-5-2-6-10-17/h1-12H. The number of hydrogen-bond donors (Lipinski definition) is 0. The van der Waals surface area contributed by atoms with Gasteiger partial charge in [-0.25, -0.2) is 8.78 Å². The average Bonchev–Trinajstić information content (AvgIpc) is 2.58. The molecule has 0 fully saturated rings. The maximum absolute atomic E-state index is 14.5. The van der Waals surface area contributed by atoms with Gasteiger partial charge in [-0.2, -0.15) is 5.26 Å². The van der Waals surface area contributed by atoms with Crippen molar-refractivity contribution in [1.82, 2.24) is 0 Å². The molecule has 3 aromatic carbocycles. The minimum absolute atomic E-state index is 0.0336. The van der Waals surface area contributed by atoms with Crippen LogP contribution in [0.1, 0.15) is 5.56 Å². The highest BCUT2D eigenvalue weighted by Gasteiger charge is 2.21. The van der Waals surface area contributed by atoms with E-state index in [-0.39, 0.29) is 11.3 Å². The number of para-hydroxylation sites is 2. The van der Waals surface area contributed by atoms with Crippen LogP contribution in [0.3, 0.4) is 0 Å². The van der Waals surface area contributed by atoms with Crippen molar-refractivity contribution in [2.75, 3.05) is 4.90 Å². The molecule has 0 aliphatic carbocycles. The lowest BCUT2D eigenvalue weighted by molar-refractivity contribution is 0.583. The zero-order valence-electron chi connectivity index (χ0n) is 12.1. The SMILES string of the molecule is N#Cc1cc(F)cc(F)c1N(c1ccccc1)c1ccccc1. The molecule has 3 aromatic rings. The van der Waals surface area contributed by atoms with Crippen LogP contribution in [-0.2, 0) is 0 Å². The predicted molar refractivity (Wildman–Crippen MR) is 85.8 cm³/mol. The van der Waals surface area contributed by atoms with Crippen LogP contribution in [0.25, 0.3) is 0 Å². The second-order valence-electron chi connectivity index (χ2n) is 4.90. The Morgan fingerprint density at radius 3 is 1.78 bits per heavy atom. The third kappa shape index (κ3) is 2.90. The third-order valence-corrected chi connectivity index (χ3v) is 3.40. The molecule has 0 saturated carbocycles. The summed E-state index contributed by atoms with van der Waals surface area (Å²) in [6, 6.07) is 21.9. The first-order chi connectivity index (χ1) is 11.2. The molecule has 0 heterocycles. The van der Waals surface area contributed by atoms with Gasteiger partial charge in [0.2, 0.25) is 0 Å². The predicted octanol–water partition coefficient (Wildman–Crippen LogP) is 5.31. The van der Waals surface area contributed by atoms with Crippen molar-refractivity contribution in [3.05, 3.63) is 90.0 Å². The van der Waals surface area contributed by atoms with Crippen molar-refractivity contribution in [2.24, 2.45) is 0 Å². The molecule has 0 N–H and O–H groups in total. The summed E-state index contributed by atoms with van der Waals surface area (Å²) in [5.41, 5.74) is 1.34. The molecule has 0 aromatic heterocycles. The summed E-state index contributed by atoms with van der Waals surface area (Å²) in [7, 11) is 0. The van der Waals surface area contributed by atoms with E-state index >= 15 is 0 Å². The Labute approximate surface area is 132 Å². The third-order valence-electron chi connectivity index (χ3n) is 3.40. The Morgan fingerprint density at radius 2 is 1.30 bits per heavy atom. The first-order valence-electron chi connectivity index (χ1n) is 7.00. The van der Waals surface area contributed by atoms with Crippen LogP contribution in [-0.4, -0.2) is 0 Å². The van der Waals surface area contributed by atoms with Crippen molar-refractivity contribution >= 4 is 17.1 Å². The fourth-order valence-corrected chi connectivity index (χ4v) is 2.44. The summed E-state index contributed by atoms with van der Waals surface area (Å²) < 4.78 is 27.9. The van der Waals surface area contributed by atoms with Crippen molar-refractivity contribution in [2.45, 2.75) is 0 Å². The number of rotatable bonds is 3. The number of benzene rings is 3. The maximum Gasteiger partial charge on any atom is 0.151 e. The van der Waals surface area contributed by atoms with Gasteiger partial charge in [-0.1, -0.05) is 36.4 Å². The van der Waals surface area contributed by atoms with E-state index in [4.69, 9.17) is 0 Å². The van der Waals surface area contributed by atoms with Crippen LogP contribution in [0.2, 0.25) is 0 Å². The maximum atomic E-state index is 14.5. The largest absolute Gasteiger partial charge is 0.307 e. The number of nitrogens with zero attached hydrogens (tertiary/aromatic N) is 2. The Kier molecular flexibility index (Phi) is 4.03. The summed E-state index contributed by atoms with van der Waals surface area (Å²) in [5.74, 6) is -1.56. The second kappa shape index (κ2) is 6.29. The molecular formula is C19H12F2N2. The molecule has 0 radical (unpaired) electrons. The Balaban J connectivity index is 2.28. The Bertz CT molecular complexity index is 816. The molecule has 0 aliphatic heterocycles. The molecule has 0 bridgehead atoms. The van der Waals surface area contributed by atoms with E-state index in [1.807, 2.05) is 42.5 Å². The molecule has 3 rings (SSSR count). The van der Waals surface area contributed by atoms with Crippen molar-refractivity contribution in [1.29, 1.82) is 5.26 Å². The fraction of sp³-hybridized carbons (Fsp3) is 0. The zero-order chi connectivity index (χ0) is 16.2. The van der Waals surface area contributed by atoms with Gasteiger partial charge >= 0.3 is 0 Å². The van der Waals surface area contributed by atoms with E-state index in [1.165, 1.54) is 0 Å². The van der Waals surface area contributed by atoms with E-state index in [9.17, 15) is 14.0 Å². The normalized spacial score (nSPS) is 10.1. The minimum atomic E-state index is -0.783. The van der Waals surface area contributed by atoms with Crippen LogP contribution in [0.5, 0.6) is 0 Å². The molecule has 0 atom stereocenters. The molecular weight excluding hydrogens is 294 g/mol. The van der Waals surface area contributed by atoms with E-state index in [0.29, 0.717) is 11.4 Å². The van der Waals surface area contributed by atoms with Crippen molar-refractivity contribution < 1.29 is 8.78 Å². The van der Waals surface area contributed by atoms with Crippen LogP contribution < -0.4 is 4.90 Å². The number of anilines is 3. The molecule has 0 spiro atoms.